The Morgan fingerprint density at radius 2 is 2.10 bits per heavy atom. The number of carbonyl (C=O) groups is 1. The standard InChI is InChI=1S/C15H23ClN2O2/c1-11(2)18(3)9-5-4-8-17-15(20)13-7-6-12(16)10-14(13)19/h6-7,10-11,19H,4-5,8-9H2,1-3H3,(H,17,20). The third kappa shape index (κ3) is 5.39. The van der Waals surface area contributed by atoms with Crippen molar-refractivity contribution < 1.29 is 9.90 Å². The number of rotatable bonds is 7. The van der Waals surface area contributed by atoms with Crippen LogP contribution < -0.4 is 5.32 Å². The average Bonchev–Trinajstić information content (AvgIpc) is 2.37. The number of nitrogens with zero attached hydrogens (tertiary/aromatic N) is 1. The number of halogens is 1. The topological polar surface area (TPSA) is 52.6 Å². The fourth-order valence-corrected chi connectivity index (χ4v) is 1.90. The Balaban J connectivity index is 2.30. The van der Waals surface area contributed by atoms with Crippen LogP contribution in [0.4, 0.5) is 0 Å². The van der Waals surface area contributed by atoms with Gasteiger partial charge in [0.2, 0.25) is 0 Å². The van der Waals surface area contributed by atoms with Crippen molar-refractivity contribution in [3.05, 3.63) is 28.8 Å². The first-order valence-corrected chi connectivity index (χ1v) is 7.26. The van der Waals surface area contributed by atoms with Crippen molar-refractivity contribution in [1.82, 2.24) is 10.2 Å². The maximum absolute atomic E-state index is 11.9. The molecule has 20 heavy (non-hydrogen) atoms. The van der Waals surface area contributed by atoms with E-state index in [1.165, 1.54) is 12.1 Å². The summed E-state index contributed by atoms with van der Waals surface area (Å²) in [6.07, 6.45) is 1.94. The fourth-order valence-electron chi connectivity index (χ4n) is 1.74. The summed E-state index contributed by atoms with van der Waals surface area (Å²) in [5.74, 6) is -0.356. The van der Waals surface area contributed by atoms with Gasteiger partial charge in [0.1, 0.15) is 5.75 Å². The van der Waals surface area contributed by atoms with Gasteiger partial charge in [-0.3, -0.25) is 4.79 Å². The van der Waals surface area contributed by atoms with E-state index in [0.717, 1.165) is 19.4 Å². The Kier molecular flexibility index (Phi) is 6.82. The van der Waals surface area contributed by atoms with Gasteiger partial charge in [0.15, 0.2) is 0 Å². The number of phenols is 1. The Morgan fingerprint density at radius 1 is 1.40 bits per heavy atom. The number of phenolic OH excluding ortho intramolecular Hbond substituents is 1. The molecule has 1 aromatic rings. The molecule has 1 amide bonds. The van der Waals surface area contributed by atoms with Crippen LogP contribution in [0.25, 0.3) is 0 Å². The molecule has 0 saturated heterocycles. The lowest BCUT2D eigenvalue weighted by molar-refractivity contribution is 0.0950. The maximum atomic E-state index is 11.9. The third-order valence-corrected chi connectivity index (χ3v) is 3.54. The number of nitrogens with one attached hydrogen (secondary N) is 1. The van der Waals surface area contributed by atoms with Crippen LogP contribution in [-0.4, -0.2) is 42.1 Å². The molecule has 4 nitrogen and oxygen atoms in total. The summed E-state index contributed by atoms with van der Waals surface area (Å²) in [4.78, 5) is 14.1. The van der Waals surface area contributed by atoms with Crippen LogP contribution in [-0.2, 0) is 0 Å². The van der Waals surface area contributed by atoms with Crippen LogP contribution in [0.15, 0.2) is 18.2 Å². The van der Waals surface area contributed by atoms with E-state index in [1.807, 2.05) is 0 Å². The van der Waals surface area contributed by atoms with Crippen LogP contribution in [0.2, 0.25) is 5.02 Å². The molecule has 1 rings (SSSR count). The monoisotopic (exact) mass is 298 g/mol. The molecule has 112 valence electrons. The van der Waals surface area contributed by atoms with Crippen molar-refractivity contribution in [2.45, 2.75) is 32.7 Å². The zero-order valence-electron chi connectivity index (χ0n) is 12.3. The van der Waals surface area contributed by atoms with Gasteiger partial charge in [0.25, 0.3) is 5.91 Å². The van der Waals surface area contributed by atoms with Crippen molar-refractivity contribution in [2.24, 2.45) is 0 Å². The van der Waals surface area contributed by atoms with Gasteiger partial charge >= 0.3 is 0 Å². The molecule has 0 atom stereocenters. The largest absolute Gasteiger partial charge is 0.507 e. The quantitative estimate of drug-likeness (QED) is 0.761. The van der Waals surface area contributed by atoms with E-state index >= 15 is 0 Å². The zero-order valence-corrected chi connectivity index (χ0v) is 13.1. The lowest BCUT2D eigenvalue weighted by Crippen LogP contribution is -2.29. The Bertz CT molecular complexity index is 449. The highest BCUT2D eigenvalue weighted by molar-refractivity contribution is 6.30. The van der Waals surface area contributed by atoms with Crippen molar-refractivity contribution in [3.8, 4) is 5.75 Å². The zero-order chi connectivity index (χ0) is 15.1. The molecular formula is C15H23ClN2O2. The second kappa shape index (κ2) is 8.12. The molecule has 0 unspecified atom stereocenters. The molecule has 0 spiro atoms. The highest BCUT2D eigenvalue weighted by atomic mass is 35.5. The maximum Gasteiger partial charge on any atom is 0.255 e. The number of aromatic hydroxyl groups is 1. The van der Waals surface area contributed by atoms with E-state index in [0.29, 0.717) is 17.6 Å². The van der Waals surface area contributed by atoms with Crippen molar-refractivity contribution >= 4 is 17.5 Å². The minimum atomic E-state index is -0.267. The highest BCUT2D eigenvalue weighted by Crippen LogP contribution is 2.21. The fraction of sp³-hybridized carbons (Fsp3) is 0.533. The molecule has 0 aliphatic heterocycles. The van der Waals surface area contributed by atoms with E-state index in [2.05, 4.69) is 31.1 Å². The number of benzene rings is 1. The minimum Gasteiger partial charge on any atom is -0.507 e. The Labute approximate surface area is 125 Å². The van der Waals surface area contributed by atoms with Gasteiger partial charge in [-0.2, -0.15) is 0 Å². The summed E-state index contributed by atoms with van der Waals surface area (Å²) in [5.41, 5.74) is 0.258. The van der Waals surface area contributed by atoms with Gasteiger partial charge in [-0.15, -0.1) is 0 Å². The van der Waals surface area contributed by atoms with Crippen LogP contribution in [0.1, 0.15) is 37.0 Å². The molecule has 0 fully saturated rings. The summed E-state index contributed by atoms with van der Waals surface area (Å²) < 4.78 is 0. The SMILES string of the molecule is CC(C)N(C)CCCCNC(=O)c1ccc(Cl)cc1O. The molecule has 2 N–H and O–H groups in total. The predicted octanol–water partition coefficient (Wildman–Crippen LogP) is 2.90. The molecule has 0 heterocycles. The Morgan fingerprint density at radius 3 is 2.70 bits per heavy atom. The van der Waals surface area contributed by atoms with Crippen molar-refractivity contribution in [1.29, 1.82) is 0 Å². The summed E-state index contributed by atoms with van der Waals surface area (Å²) >= 11 is 5.73. The van der Waals surface area contributed by atoms with Gasteiger partial charge in [0, 0.05) is 17.6 Å². The van der Waals surface area contributed by atoms with E-state index in [4.69, 9.17) is 11.6 Å². The molecule has 0 bridgehead atoms. The number of hydrogen-bond donors (Lipinski definition) is 2. The summed E-state index contributed by atoms with van der Waals surface area (Å²) in [7, 11) is 2.09. The van der Waals surface area contributed by atoms with E-state index in [9.17, 15) is 9.90 Å². The second-order valence-electron chi connectivity index (χ2n) is 5.20. The number of amides is 1. The van der Waals surface area contributed by atoms with Gasteiger partial charge in [-0.05, 0) is 58.5 Å². The predicted molar refractivity (Wildman–Crippen MR) is 82.5 cm³/mol. The normalized spacial score (nSPS) is 11.1. The first-order valence-electron chi connectivity index (χ1n) is 6.88. The van der Waals surface area contributed by atoms with E-state index < -0.39 is 0 Å². The van der Waals surface area contributed by atoms with Crippen LogP contribution in [0, 0.1) is 0 Å². The van der Waals surface area contributed by atoms with Crippen molar-refractivity contribution in [3.63, 3.8) is 0 Å². The molecule has 0 aliphatic carbocycles. The average molecular weight is 299 g/mol. The van der Waals surface area contributed by atoms with Gasteiger partial charge in [-0.1, -0.05) is 11.6 Å². The van der Waals surface area contributed by atoms with E-state index in [-0.39, 0.29) is 17.2 Å². The van der Waals surface area contributed by atoms with Gasteiger partial charge in [0.05, 0.1) is 5.56 Å². The smallest absolute Gasteiger partial charge is 0.255 e. The summed E-state index contributed by atoms with van der Waals surface area (Å²) in [5, 5.41) is 12.9. The molecule has 0 saturated carbocycles. The van der Waals surface area contributed by atoms with Gasteiger partial charge < -0.3 is 15.3 Å². The van der Waals surface area contributed by atoms with Crippen LogP contribution in [0.3, 0.4) is 0 Å². The van der Waals surface area contributed by atoms with Crippen molar-refractivity contribution in [2.75, 3.05) is 20.1 Å². The molecule has 0 aliphatic rings. The van der Waals surface area contributed by atoms with Crippen LogP contribution >= 0.6 is 11.6 Å². The molecule has 0 radical (unpaired) electrons. The third-order valence-electron chi connectivity index (χ3n) is 3.31. The lowest BCUT2D eigenvalue weighted by atomic mass is 10.2. The van der Waals surface area contributed by atoms with E-state index in [1.54, 1.807) is 6.07 Å². The Hall–Kier alpha value is -1.26. The van der Waals surface area contributed by atoms with Gasteiger partial charge in [-0.25, -0.2) is 0 Å². The molecule has 1 aromatic carbocycles. The summed E-state index contributed by atoms with van der Waals surface area (Å²) in [6.45, 7) is 5.93. The van der Waals surface area contributed by atoms with Crippen LogP contribution in [0.5, 0.6) is 5.75 Å². The minimum absolute atomic E-state index is 0.0884. The molecular weight excluding hydrogens is 276 g/mol. The highest BCUT2D eigenvalue weighted by Gasteiger charge is 2.10. The second-order valence-corrected chi connectivity index (χ2v) is 5.64. The number of carbonyl (C=O) groups excluding carboxylic acids is 1. The molecule has 0 aromatic heterocycles. The molecule has 5 heteroatoms. The first-order chi connectivity index (χ1) is 9.41. The first kappa shape index (κ1) is 16.8. The number of hydrogen-bond acceptors (Lipinski definition) is 3. The lowest BCUT2D eigenvalue weighted by Gasteiger charge is -2.20. The number of unbranched alkanes of at least 4 members (excludes halogenated alkanes) is 1. The summed E-state index contributed by atoms with van der Waals surface area (Å²) in [6, 6.07) is 5.03.